The Morgan fingerprint density at radius 1 is 1.40 bits per heavy atom. The molecule has 0 saturated carbocycles. The van der Waals surface area contributed by atoms with Crippen LogP contribution in [0.3, 0.4) is 0 Å². The number of ether oxygens (including phenoxy) is 1. The van der Waals surface area contributed by atoms with Crippen molar-refractivity contribution < 1.29 is 14.3 Å². The summed E-state index contributed by atoms with van der Waals surface area (Å²) in [7, 11) is 1.37. The van der Waals surface area contributed by atoms with Crippen LogP contribution in [0.15, 0.2) is 24.3 Å². The molecule has 1 aromatic carbocycles. The van der Waals surface area contributed by atoms with Gasteiger partial charge in [0.05, 0.1) is 18.7 Å². The summed E-state index contributed by atoms with van der Waals surface area (Å²) in [5.41, 5.74) is 1.52. The number of aldehydes is 1. The van der Waals surface area contributed by atoms with Crippen molar-refractivity contribution >= 4 is 12.3 Å². The van der Waals surface area contributed by atoms with Gasteiger partial charge in [-0.1, -0.05) is 24.6 Å². The number of methoxy groups -OCH3 is 1. The van der Waals surface area contributed by atoms with E-state index in [9.17, 15) is 9.59 Å². The minimum absolute atomic E-state index is 0.109. The molecule has 106 valence electrons. The first kappa shape index (κ1) is 15.9. The molecule has 1 unspecified atom stereocenters. The summed E-state index contributed by atoms with van der Waals surface area (Å²) in [6, 6.07) is 9.46. The molecular formula is C16H19NO3. The smallest absolute Gasteiger partial charge is 0.305 e. The number of nitrogens with zero attached hydrogens (tertiary/aromatic N) is 1. The van der Waals surface area contributed by atoms with E-state index in [0.29, 0.717) is 18.4 Å². The molecule has 0 N–H and O–H groups in total. The van der Waals surface area contributed by atoms with Gasteiger partial charge in [-0.3, -0.25) is 4.79 Å². The van der Waals surface area contributed by atoms with Crippen LogP contribution < -0.4 is 0 Å². The third-order valence-corrected chi connectivity index (χ3v) is 3.25. The second kappa shape index (κ2) is 8.87. The third-order valence-electron chi connectivity index (χ3n) is 3.25. The molecule has 0 fully saturated rings. The SMILES string of the molecule is COC(=O)CCCCC(C=O)Cc1ccccc1C#N. The Morgan fingerprint density at radius 3 is 2.80 bits per heavy atom. The van der Waals surface area contributed by atoms with Crippen molar-refractivity contribution in [2.75, 3.05) is 7.11 Å². The fourth-order valence-corrected chi connectivity index (χ4v) is 2.09. The van der Waals surface area contributed by atoms with E-state index < -0.39 is 0 Å². The Bertz CT molecular complexity index is 491. The second-order valence-corrected chi connectivity index (χ2v) is 4.69. The molecular weight excluding hydrogens is 254 g/mol. The maximum Gasteiger partial charge on any atom is 0.305 e. The molecule has 0 amide bonds. The summed E-state index contributed by atoms with van der Waals surface area (Å²) >= 11 is 0. The minimum atomic E-state index is -0.220. The van der Waals surface area contributed by atoms with Gasteiger partial charge >= 0.3 is 5.97 Å². The van der Waals surface area contributed by atoms with E-state index in [1.54, 1.807) is 6.07 Å². The largest absolute Gasteiger partial charge is 0.469 e. The summed E-state index contributed by atoms with van der Waals surface area (Å²) in [5.74, 6) is -0.329. The fraction of sp³-hybridized carbons (Fsp3) is 0.438. The molecule has 0 spiro atoms. The normalized spacial score (nSPS) is 11.4. The number of hydrogen-bond donors (Lipinski definition) is 0. The van der Waals surface area contributed by atoms with Crippen LogP contribution in [0.4, 0.5) is 0 Å². The predicted molar refractivity (Wildman–Crippen MR) is 74.9 cm³/mol. The van der Waals surface area contributed by atoms with E-state index in [2.05, 4.69) is 10.8 Å². The van der Waals surface area contributed by atoms with Crippen LogP contribution in [0.1, 0.15) is 36.8 Å². The molecule has 0 aliphatic carbocycles. The van der Waals surface area contributed by atoms with Gasteiger partial charge < -0.3 is 9.53 Å². The number of esters is 1. The van der Waals surface area contributed by atoms with Crippen LogP contribution in [-0.4, -0.2) is 19.4 Å². The highest BCUT2D eigenvalue weighted by Crippen LogP contribution is 2.17. The van der Waals surface area contributed by atoms with Crippen LogP contribution >= 0.6 is 0 Å². The number of carbonyl (C=O) groups excluding carboxylic acids is 2. The first-order valence-corrected chi connectivity index (χ1v) is 6.71. The van der Waals surface area contributed by atoms with Gasteiger partial charge in [0.25, 0.3) is 0 Å². The zero-order chi connectivity index (χ0) is 14.8. The molecule has 0 aliphatic rings. The Labute approximate surface area is 119 Å². The summed E-state index contributed by atoms with van der Waals surface area (Å²) in [6.45, 7) is 0. The molecule has 1 aromatic rings. The number of rotatable bonds is 8. The van der Waals surface area contributed by atoms with E-state index in [1.165, 1.54) is 7.11 Å². The van der Waals surface area contributed by atoms with E-state index in [1.807, 2.05) is 18.2 Å². The number of benzene rings is 1. The molecule has 4 nitrogen and oxygen atoms in total. The molecule has 0 radical (unpaired) electrons. The predicted octanol–water partition coefficient (Wildman–Crippen LogP) is 2.65. The average Bonchev–Trinajstić information content (AvgIpc) is 2.50. The monoisotopic (exact) mass is 273 g/mol. The molecule has 0 saturated heterocycles. The van der Waals surface area contributed by atoms with Gasteiger partial charge in [-0.15, -0.1) is 0 Å². The summed E-state index contributed by atoms with van der Waals surface area (Å²) in [6.07, 6.45) is 4.14. The lowest BCUT2D eigenvalue weighted by Gasteiger charge is -2.11. The Kier molecular flexibility index (Phi) is 7.05. The van der Waals surface area contributed by atoms with Gasteiger partial charge in [-0.05, 0) is 30.9 Å². The molecule has 0 aromatic heterocycles. The number of hydrogen-bond acceptors (Lipinski definition) is 4. The Hall–Kier alpha value is -2.15. The van der Waals surface area contributed by atoms with Gasteiger partial charge in [-0.25, -0.2) is 0 Å². The van der Waals surface area contributed by atoms with Gasteiger partial charge in [-0.2, -0.15) is 5.26 Å². The topological polar surface area (TPSA) is 67.2 Å². The zero-order valence-electron chi connectivity index (χ0n) is 11.7. The highest BCUT2D eigenvalue weighted by atomic mass is 16.5. The van der Waals surface area contributed by atoms with Crippen molar-refractivity contribution in [2.45, 2.75) is 32.1 Å². The molecule has 20 heavy (non-hydrogen) atoms. The Balaban J connectivity index is 2.45. The summed E-state index contributed by atoms with van der Waals surface area (Å²) in [5, 5.41) is 9.02. The van der Waals surface area contributed by atoms with Crippen LogP contribution in [0.5, 0.6) is 0 Å². The van der Waals surface area contributed by atoms with Crippen molar-refractivity contribution in [3.05, 3.63) is 35.4 Å². The number of unbranched alkanes of at least 4 members (excludes halogenated alkanes) is 1. The van der Waals surface area contributed by atoms with Crippen molar-refractivity contribution in [3.8, 4) is 6.07 Å². The molecule has 0 bridgehead atoms. The lowest BCUT2D eigenvalue weighted by molar-refractivity contribution is -0.140. The Morgan fingerprint density at radius 2 is 2.15 bits per heavy atom. The maximum absolute atomic E-state index is 11.1. The van der Waals surface area contributed by atoms with Gasteiger partial charge in [0.2, 0.25) is 0 Å². The summed E-state index contributed by atoms with van der Waals surface area (Å²) in [4.78, 5) is 22.1. The van der Waals surface area contributed by atoms with Crippen LogP contribution in [0, 0.1) is 17.2 Å². The number of nitriles is 1. The standard InChI is InChI=1S/C16H19NO3/c1-20-16(19)9-5-2-6-13(12-18)10-14-7-3-4-8-15(14)11-17/h3-4,7-8,12-13H,2,5-6,9-10H2,1H3. The van der Waals surface area contributed by atoms with E-state index in [-0.39, 0.29) is 11.9 Å². The van der Waals surface area contributed by atoms with Crippen LogP contribution in [-0.2, 0) is 20.7 Å². The van der Waals surface area contributed by atoms with Gasteiger partial charge in [0.1, 0.15) is 6.29 Å². The van der Waals surface area contributed by atoms with E-state index >= 15 is 0 Å². The summed E-state index contributed by atoms with van der Waals surface area (Å²) < 4.78 is 4.56. The highest BCUT2D eigenvalue weighted by Gasteiger charge is 2.11. The molecule has 1 rings (SSSR count). The lowest BCUT2D eigenvalue weighted by Crippen LogP contribution is -2.08. The van der Waals surface area contributed by atoms with Gasteiger partial charge in [0, 0.05) is 12.3 Å². The van der Waals surface area contributed by atoms with Crippen molar-refractivity contribution in [3.63, 3.8) is 0 Å². The first-order valence-electron chi connectivity index (χ1n) is 6.71. The van der Waals surface area contributed by atoms with Crippen LogP contribution in [0.25, 0.3) is 0 Å². The third kappa shape index (κ3) is 5.23. The zero-order valence-corrected chi connectivity index (χ0v) is 11.7. The van der Waals surface area contributed by atoms with Crippen LogP contribution in [0.2, 0.25) is 0 Å². The van der Waals surface area contributed by atoms with Gasteiger partial charge in [0.15, 0.2) is 0 Å². The second-order valence-electron chi connectivity index (χ2n) is 4.69. The van der Waals surface area contributed by atoms with E-state index in [0.717, 1.165) is 31.1 Å². The lowest BCUT2D eigenvalue weighted by atomic mass is 9.93. The minimum Gasteiger partial charge on any atom is -0.469 e. The van der Waals surface area contributed by atoms with Crippen molar-refractivity contribution in [2.24, 2.45) is 5.92 Å². The maximum atomic E-state index is 11.1. The number of carbonyl (C=O) groups is 2. The fourth-order valence-electron chi connectivity index (χ4n) is 2.09. The molecule has 1 atom stereocenters. The highest BCUT2D eigenvalue weighted by molar-refractivity contribution is 5.69. The van der Waals surface area contributed by atoms with Crippen molar-refractivity contribution in [1.82, 2.24) is 0 Å². The first-order chi connectivity index (χ1) is 9.71. The van der Waals surface area contributed by atoms with Crippen molar-refractivity contribution in [1.29, 1.82) is 5.26 Å². The molecule has 0 aliphatic heterocycles. The molecule has 0 heterocycles. The van der Waals surface area contributed by atoms with E-state index in [4.69, 9.17) is 5.26 Å². The average molecular weight is 273 g/mol. The molecule has 4 heteroatoms. The quantitative estimate of drug-likeness (QED) is 0.415.